The van der Waals surface area contributed by atoms with Crippen molar-refractivity contribution in [3.63, 3.8) is 0 Å². The Bertz CT molecular complexity index is 663. The second kappa shape index (κ2) is 5.18. The standard InChI is InChI=1S/C15H14O4/c1-3-19-15-11(13(17)14(15)18)9(2)12(16)10-7-5-4-6-8-10/h4-9H,3H2,1-2H3. The van der Waals surface area contributed by atoms with Crippen LogP contribution in [0.15, 0.2) is 39.9 Å². The van der Waals surface area contributed by atoms with Crippen molar-refractivity contribution in [2.24, 2.45) is 0 Å². The predicted molar refractivity (Wildman–Crippen MR) is 71.7 cm³/mol. The molecule has 4 heteroatoms. The van der Waals surface area contributed by atoms with Gasteiger partial charge in [0.15, 0.2) is 11.5 Å². The van der Waals surface area contributed by atoms with Crippen molar-refractivity contribution in [2.75, 3.05) is 6.61 Å². The third-order valence-corrected chi connectivity index (χ3v) is 3.07. The number of carbonyl (C=O) groups excluding carboxylic acids is 1. The van der Waals surface area contributed by atoms with E-state index < -0.39 is 16.8 Å². The van der Waals surface area contributed by atoms with Crippen LogP contribution in [0.3, 0.4) is 0 Å². The van der Waals surface area contributed by atoms with E-state index >= 15 is 0 Å². The van der Waals surface area contributed by atoms with E-state index in [1.54, 1.807) is 38.1 Å². The van der Waals surface area contributed by atoms with Gasteiger partial charge >= 0.3 is 0 Å². The summed E-state index contributed by atoms with van der Waals surface area (Å²) in [6, 6.07) is 8.69. The first-order valence-electron chi connectivity index (χ1n) is 6.13. The fourth-order valence-corrected chi connectivity index (χ4v) is 2.05. The highest BCUT2D eigenvalue weighted by Crippen LogP contribution is 2.25. The van der Waals surface area contributed by atoms with Crippen LogP contribution in [0.5, 0.6) is 5.75 Å². The zero-order chi connectivity index (χ0) is 14.0. The Morgan fingerprint density at radius 1 is 1.16 bits per heavy atom. The summed E-state index contributed by atoms with van der Waals surface area (Å²) in [5.41, 5.74) is -0.531. The lowest BCUT2D eigenvalue weighted by Crippen LogP contribution is -2.39. The Hall–Kier alpha value is -2.23. The van der Waals surface area contributed by atoms with Crippen LogP contribution in [0.4, 0.5) is 0 Å². The third kappa shape index (κ3) is 2.21. The number of ketones is 1. The van der Waals surface area contributed by atoms with Gasteiger partial charge in [-0.2, -0.15) is 0 Å². The molecule has 2 aromatic rings. The minimum Gasteiger partial charge on any atom is -0.489 e. The molecule has 0 aromatic heterocycles. The Morgan fingerprint density at radius 2 is 1.79 bits per heavy atom. The smallest absolute Gasteiger partial charge is 0.268 e. The average molecular weight is 258 g/mol. The van der Waals surface area contributed by atoms with E-state index in [2.05, 4.69) is 0 Å². The zero-order valence-electron chi connectivity index (χ0n) is 10.8. The van der Waals surface area contributed by atoms with Gasteiger partial charge in [0.1, 0.15) is 0 Å². The molecule has 0 spiro atoms. The molecule has 0 saturated heterocycles. The lowest BCUT2D eigenvalue weighted by Gasteiger charge is -2.16. The van der Waals surface area contributed by atoms with Gasteiger partial charge in [0.2, 0.25) is 5.43 Å². The van der Waals surface area contributed by atoms with Crippen molar-refractivity contribution in [1.29, 1.82) is 0 Å². The van der Waals surface area contributed by atoms with Crippen molar-refractivity contribution < 1.29 is 9.53 Å². The summed E-state index contributed by atoms with van der Waals surface area (Å²) < 4.78 is 5.14. The van der Waals surface area contributed by atoms with Crippen LogP contribution >= 0.6 is 0 Å². The highest BCUT2D eigenvalue weighted by Gasteiger charge is 2.31. The van der Waals surface area contributed by atoms with Crippen LogP contribution in [0.1, 0.15) is 35.7 Å². The fraction of sp³-hybridized carbons (Fsp3) is 0.267. The normalized spacial score (nSPS) is 12.3. The van der Waals surface area contributed by atoms with Gasteiger partial charge in [0.25, 0.3) is 5.43 Å². The number of hydrogen-bond acceptors (Lipinski definition) is 4. The van der Waals surface area contributed by atoms with Crippen molar-refractivity contribution in [1.82, 2.24) is 0 Å². The van der Waals surface area contributed by atoms with E-state index in [-0.39, 0.29) is 17.1 Å². The van der Waals surface area contributed by atoms with Gasteiger partial charge in [-0.05, 0) is 6.92 Å². The maximum atomic E-state index is 12.2. The quantitative estimate of drug-likeness (QED) is 0.604. The van der Waals surface area contributed by atoms with E-state index in [9.17, 15) is 14.4 Å². The molecule has 19 heavy (non-hydrogen) atoms. The Balaban J connectivity index is 2.33. The van der Waals surface area contributed by atoms with Crippen LogP contribution in [0, 0.1) is 0 Å². The van der Waals surface area contributed by atoms with Crippen LogP contribution in [-0.2, 0) is 0 Å². The van der Waals surface area contributed by atoms with Crippen molar-refractivity contribution >= 4 is 5.78 Å². The summed E-state index contributed by atoms with van der Waals surface area (Å²) in [5.74, 6) is -0.799. The van der Waals surface area contributed by atoms with Gasteiger partial charge in [0.05, 0.1) is 18.1 Å². The van der Waals surface area contributed by atoms with E-state index in [1.165, 1.54) is 0 Å². The molecule has 98 valence electrons. The molecule has 0 aliphatic carbocycles. The highest BCUT2D eigenvalue weighted by atomic mass is 16.5. The van der Waals surface area contributed by atoms with Crippen LogP contribution in [0.25, 0.3) is 0 Å². The summed E-state index contributed by atoms with van der Waals surface area (Å²) in [6.07, 6.45) is 0. The van der Waals surface area contributed by atoms with Gasteiger partial charge in [0, 0.05) is 5.56 Å². The van der Waals surface area contributed by atoms with Gasteiger partial charge in [-0.3, -0.25) is 14.4 Å². The van der Waals surface area contributed by atoms with Gasteiger partial charge in [-0.25, -0.2) is 0 Å². The molecular weight excluding hydrogens is 244 g/mol. The van der Waals surface area contributed by atoms with Crippen LogP contribution in [-0.4, -0.2) is 12.4 Å². The van der Waals surface area contributed by atoms with Crippen molar-refractivity contribution in [3.8, 4) is 5.75 Å². The molecule has 0 fully saturated rings. The summed E-state index contributed by atoms with van der Waals surface area (Å²) in [6.45, 7) is 3.64. The first-order chi connectivity index (χ1) is 9.07. The molecule has 0 N–H and O–H groups in total. The summed E-state index contributed by atoms with van der Waals surface area (Å²) in [5, 5.41) is 0. The minimum absolute atomic E-state index is 0.0456. The Labute approximate surface area is 110 Å². The van der Waals surface area contributed by atoms with Gasteiger partial charge in [-0.15, -0.1) is 0 Å². The Morgan fingerprint density at radius 3 is 2.37 bits per heavy atom. The summed E-state index contributed by atoms with van der Waals surface area (Å²) in [4.78, 5) is 35.2. The minimum atomic E-state index is -0.658. The van der Waals surface area contributed by atoms with Crippen molar-refractivity contribution in [3.05, 3.63) is 61.9 Å². The van der Waals surface area contributed by atoms with E-state index in [4.69, 9.17) is 4.74 Å². The first kappa shape index (κ1) is 13.2. The van der Waals surface area contributed by atoms with Crippen LogP contribution in [0.2, 0.25) is 0 Å². The average Bonchev–Trinajstić information content (AvgIpc) is 2.46. The predicted octanol–water partition coefficient (Wildman–Crippen LogP) is 1.67. The van der Waals surface area contributed by atoms with E-state index in [0.717, 1.165) is 0 Å². The van der Waals surface area contributed by atoms with E-state index in [0.29, 0.717) is 12.2 Å². The maximum Gasteiger partial charge on any atom is 0.268 e. The molecule has 1 atom stereocenters. The SMILES string of the molecule is CCOc1c(C(C)C(=O)c2ccccc2)c(=O)c1=O. The van der Waals surface area contributed by atoms with E-state index in [1.807, 2.05) is 6.07 Å². The second-order valence-electron chi connectivity index (χ2n) is 4.29. The highest BCUT2D eigenvalue weighted by molar-refractivity contribution is 6.01. The molecule has 0 saturated carbocycles. The molecule has 0 aliphatic rings. The maximum absolute atomic E-state index is 12.2. The van der Waals surface area contributed by atoms with Gasteiger partial charge in [-0.1, -0.05) is 37.3 Å². The summed E-state index contributed by atoms with van der Waals surface area (Å²) >= 11 is 0. The lowest BCUT2D eigenvalue weighted by atomic mass is 9.89. The topological polar surface area (TPSA) is 60.4 Å². The summed E-state index contributed by atoms with van der Waals surface area (Å²) in [7, 11) is 0. The molecule has 4 nitrogen and oxygen atoms in total. The molecule has 2 rings (SSSR count). The molecular formula is C15H14O4. The number of benzene rings is 1. The number of rotatable bonds is 5. The number of ether oxygens (including phenoxy) is 1. The molecule has 0 aliphatic heterocycles. The molecule has 1 unspecified atom stereocenters. The first-order valence-corrected chi connectivity index (χ1v) is 6.13. The monoisotopic (exact) mass is 258 g/mol. The fourth-order valence-electron chi connectivity index (χ4n) is 2.05. The lowest BCUT2D eigenvalue weighted by molar-refractivity contribution is 0.0963. The third-order valence-electron chi connectivity index (χ3n) is 3.07. The number of Topliss-reactive ketones (excluding diaryl/α,β-unsaturated/α-hetero) is 1. The van der Waals surface area contributed by atoms with Gasteiger partial charge < -0.3 is 4.74 Å². The Kier molecular flexibility index (Phi) is 3.60. The van der Waals surface area contributed by atoms with Crippen LogP contribution < -0.4 is 15.6 Å². The number of carbonyl (C=O) groups is 1. The molecule has 0 radical (unpaired) electrons. The molecule has 0 heterocycles. The molecule has 0 bridgehead atoms. The second-order valence-corrected chi connectivity index (χ2v) is 4.29. The van der Waals surface area contributed by atoms with Crippen molar-refractivity contribution in [2.45, 2.75) is 19.8 Å². The largest absolute Gasteiger partial charge is 0.489 e. The zero-order valence-corrected chi connectivity index (χ0v) is 10.8. The molecule has 2 aromatic carbocycles. The number of hydrogen-bond donors (Lipinski definition) is 0. The molecule has 0 amide bonds.